The van der Waals surface area contributed by atoms with Crippen LogP contribution in [0.2, 0.25) is 0 Å². The first-order chi connectivity index (χ1) is 26.4. The first-order valence-electron chi connectivity index (χ1n) is 18.6. The Morgan fingerprint density at radius 3 is 1.19 bits per heavy atom. The number of aliphatic carboxylic acids is 2. The second-order valence-corrected chi connectivity index (χ2v) is 14.8. The second kappa shape index (κ2) is 25.3. The molecule has 0 heterocycles. The normalized spacial score (nSPS) is 16.5. The van der Waals surface area contributed by atoms with Crippen LogP contribution in [-0.2, 0) is 43.2 Å². The minimum absolute atomic E-state index is 0.0532. The molecule has 0 spiro atoms. The number of nitrogens with one attached hydrogen (secondary N) is 7. The second-order valence-electron chi connectivity index (χ2n) is 14.8. The van der Waals surface area contributed by atoms with E-state index >= 15 is 0 Å². The molecule has 0 aliphatic rings. The van der Waals surface area contributed by atoms with Gasteiger partial charge < -0.3 is 68.5 Å². The molecule has 10 atom stereocenters. The predicted octanol–water partition coefficient (Wildman–Crippen LogP) is -4.21. The zero-order valence-corrected chi connectivity index (χ0v) is 33.7. The van der Waals surface area contributed by atoms with E-state index in [0.717, 1.165) is 6.92 Å². The maximum Gasteiger partial charge on any atom is 0.328 e. The SMILES string of the molecule is CC[C@H](C)[C@H](NC(=O)[C@H](CC(=O)O)NC(=O)[C@H](CO)NC(=O)[C@H](CO)NC(=O)[C@H](CC(C)C)NC(=O)[C@H](CC(C)C)NC(=O)[C@H](C)N)C(=O)N[C@H](C(=O)O)[C@@H](C)O. The molecule has 0 saturated heterocycles. The van der Waals surface area contributed by atoms with E-state index in [1.165, 1.54) is 13.8 Å². The predicted molar refractivity (Wildman–Crippen MR) is 201 cm³/mol. The summed E-state index contributed by atoms with van der Waals surface area (Å²) in [5, 5.41) is 64.5. The maximum atomic E-state index is 13.4. The highest BCUT2D eigenvalue weighted by atomic mass is 16.4. The molecule has 0 aliphatic carbocycles. The molecular weight excluding hydrogens is 756 g/mol. The van der Waals surface area contributed by atoms with Gasteiger partial charge in [-0.25, -0.2) is 4.79 Å². The van der Waals surface area contributed by atoms with Gasteiger partial charge in [0.25, 0.3) is 0 Å². The molecule has 0 aromatic carbocycles. The van der Waals surface area contributed by atoms with Crippen molar-refractivity contribution < 1.29 is 68.7 Å². The zero-order valence-electron chi connectivity index (χ0n) is 33.7. The maximum absolute atomic E-state index is 13.4. The molecule has 0 saturated carbocycles. The lowest BCUT2D eigenvalue weighted by Gasteiger charge is -2.28. The average molecular weight is 819 g/mol. The van der Waals surface area contributed by atoms with Gasteiger partial charge in [0.05, 0.1) is 31.8 Å². The number of nitrogens with two attached hydrogens (primary N) is 1. The summed E-state index contributed by atoms with van der Waals surface area (Å²) in [6.07, 6.45) is -2.06. The third kappa shape index (κ3) is 18.7. The van der Waals surface area contributed by atoms with Gasteiger partial charge in [-0.1, -0.05) is 48.0 Å². The molecule has 0 bridgehead atoms. The van der Waals surface area contributed by atoms with E-state index in [1.807, 2.05) is 13.8 Å². The largest absolute Gasteiger partial charge is 0.481 e. The molecule has 0 radical (unpaired) electrons. The molecule has 0 rings (SSSR count). The quantitative estimate of drug-likeness (QED) is 0.0394. The van der Waals surface area contributed by atoms with Gasteiger partial charge in [0.15, 0.2) is 6.04 Å². The van der Waals surface area contributed by atoms with Crippen LogP contribution in [0.25, 0.3) is 0 Å². The fourth-order valence-electron chi connectivity index (χ4n) is 5.16. The summed E-state index contributed by atoms with van der Waals surface area (Å²) in [5.74, 6) is -11.0. The van der Waals surface area contributed by atoms with Crippen LogP contribution in [0.4, 0.5) is 0 Å². The standard InChI is InChI=1S/C35H62N8O14/c1-9-17(6)26(34(55)43-27(19(8)46)35(56)57)42-31(52)22(12-25(47)48)39-32(53)23(13-44)41-33(54)24(14-45)40-30(51)21(11-16(4)5)38-29(50)20(10-15(2)3)37-28(49)18(7)36/h15-24,26-27,44-46H,9-14,36H2,1-8H3,(H,37,49)(H,38,50)(H,39,53)(H,40,51)(H,41,54)(H,42,52)(H,43,55)(H,47,48)(H,56,57)/t17-,18-,19+,20-,21-,22-,23-,24-,26-,27-/m0/s1. The van der Waals surface area contributed by atoms with Crippen molar-refractivity contribution in [3.05, 3.63) is 0 Å². The van der Waals surface area contributed by atoms with E-state index in [9.17, 15) is 68.7 Å². The molecule has 0 unspecified atom stereocenters. The van der Waals surface area contributed by atoms with Gasteiger partial charge in [-0.3, -0.25) is 38.4 Å². The number of carboxylic acid groups (broad SMARTS) is 2. The summed E-state index contributed by atoms with van der Waals surface area (Å²) >= 11 is 0. The van der Waals surface area contributed by atoms with Crippen LogP contribution in [0.3, 0.4) is 0 Å². The van der Waals surface area contributed by atoms with Crippen molar-refractivity contribution in [1.29, 1.82) is 0 Å². The van der Waals surface area contributed by atoms with E-state index in [-0.39, 0.29) is 31.1 Å². The van der Waals surface area contributed by atoms with Crippen LogP contribution in [0.1, 0.15) is 81.1 Å². The highest BCUT2D eigenvalue weighted by Crippen LogP contribution is 2.12. The topological polar surface area (TPSA) is 365 Å². The Hall–Kier alpha value is -4.93. The van der Waals surface area contributed by atoms with Crippen molar-refractivity contribution in [2.45, 2.75) is 136 Å². The molecule has 0 aliphatic heterocycles. The molecule has 0 aromatic heterocycles. The lowest BCUT2D eigenvalue weighted by molar-refractivity contribution is -0.146. The van der Waals surface area contributed by atoms with Crippen LogP contribution in [0.5, 0.6) is 0 Å². The van der Waals surface area contributed by atoms with Crippen molar-refractivity contribution in [3.63, 3.8) is 0 Å². The summed E-state index contributed by atoms with van der Waals surface area (Å²) in [5.41, 5.74) is 5.63. The summed E-state index contributed by atoms with van der Waals surface area (Å²) in [6.45, 7) is 10.7. The van der Waals surface area contributed by atoms with Gasteiger partial charge in [0, 0.05) is 0 Å². The van der Waals surface area contributed by atoms with Gasteiger partial charge in [-0.15, -0.1) is 0 Å². The van der Waals surface area contributed by atoms with Crippen LogP contribution >= 0.6 is 0 Å². The van der Waals surface area contributed by atoms with Crippen molar-refractivity contribution >= 4 is 53.3 Å². The zero-order chi connectivity index (χ0) is 44.3. The highest BCUT2D eigenvalue weighted by molar-refractivity contribution is 5.98. The molecule has 22 nitrogen and oxygen atoms in total. The Balaban J connectivity index is 6.08. The van der Waals surface area contributed by atoms with Crippen molar-refractivity contribution in [1.82, 2.24) is 37.2 Å². The number of rotatable bonds is 26. The monoisotopic (exact) mass is 818 g/mol. The Kier molecular flexibility index (Phi) is 23.2. The summed E-state index contributed by atoms with van der Waals surface area (Å²) in [4.78, 5) is 115. The smallest absolute Gasteiger partial charge is 0.328 e. The third-order valence-corrected chi connectivity index (χ3v) is 8.58. The molecule has 14 N–H and O–H groups in total. The fraction of sp³-hybridized carbons (Fsp3) is 0.743. The third-order valence-electron chi connectivity index (χ3n) is 8.58. The number of hydrogen-bond donors (Lipinski definition) is 13. The Morgan fingerprint density at radius 2 is 0.860 bits per heavy atom. The van der Waals surface area contributed by atoms with Crippen LogP contribution in [-0.4, -0.2) is 146 Å². The summed E-state index contributed by atoms with van der Waals surface area (Å²) < 4.78 is 0. The van der Waals surface area contributed by atoms with Gasteiger partial charge in [-0.2, -0.15) is 0 Å². The average Bonchev–Trinajstić information content (AvgIpc) is 3.11. The summed E-state index contributed by atoms with van der Waals surface area (Å²) in [6, 6.07) is -12.0. The Bertz CT molecular complexity index is 1410. The van der Waals surface area contributed by atoms with E-state index in [0.29, 0.717) is 0 Å². The highest BCUT2D eigenvalue weighted by Gasteiger charge is 2.36. The van der Waals surface area contributed by atoms with Gasteiger partial charge in [-0.05, 0) is 44.4 Å². The van der Waals surface area contributed by atoms with E-state index < -0.39 is 133 Å². The molecule has 57 heavy (non-hydrogen) atoms. The molecule has 22 heteroatoms. The van der Waals surface area contributed by atoms with Crippen LogP contribution in [0.15, 0.2) is 0 Å². The van der Waals surface area contributed by atoms with Gasteiger partial charge in [0.1, 0.15) is 36.3 Å². The molecule has 0 fully saturated rings. The molecule has 326 valence electrons. The Morgan fingerprint density at radius 1 is 0.509 bits per heavy atom. The van der Waals surface area contributed by atoms with Crippen molar-refractivity contribution in [3.8, 4) is 0 Å². The fourth-order valence-corrected chi connectivity index (χ4v) is 5.16. The minimum atomic E-state index is -1.90. The van der Waals surface area contributed by atoms with Crippen molar-refractivity contribution in [2.75, 3.05) is 13.2 Å². The lowest BCUT2D eigenvalue weighted by Crippen LogP contribution is -2.62. The van der Waals surface area contributed by atoms with E-state index in [1.54, 1.807) is 20.8 Å². The number of carboxylic acids is 2. The van der Waals surface area contributed by atoms with E-state index in [2.05, 4.69) is 37.2 Å². The van der Waals surface area contributed by atoms with Gasteiger partial charge in [0.2, 0.25) is 41.4 Å². The molecule has 0 aromatic rings. The Labute approximate surface area is 331 Å². The first kappa shape index (κ1) is 52.1. The number of hydrogen-bond acceptors (Lipinski definition) is 13. The van der Waals surface area contributed by atoms with Crippen molar-refractivity contribution in [2.24, 2.45) is 23.5 Å². The van der Waals surface area contributed by atoms with E-state index in [4.69, 9.17) is 5.73 Å². The number of aliphatic hydroxyl groups excluding tert-OH is 3. The van der Waals surface area contributed by atoms with Gasteiger partial charge >= 0.3 is 11.9 Å². The van der Waals surface area contributed by atoms with Crippen LogP contribution < -0.4 is 43.0 Å². The number of carbonyl (C=O) groups excluding carboxylic acids is 7. The summed E-state index contributed by atoms with van der Waals surface area (Å²) in [7, 11) is 0. The number of amides is 7. The minimum Gasteiger partial charge on any atom is -0.481 e. The van der Waals surface area contributed by atoms with Crippen LogP contribution in [0, 0.1) is 17.8 Å². The number of carbonyl (C=O) groups is 9. The lowest BCUT2D eigenvalue weighted by atomic mass is 9.97. The molecular formula is C35H62N8O14. The first-order valence-corrected chi connectivity index (χ1v) is 18.6. The number of aliphatic hydroxyl groups is 3. The molecule has 7 amide bonds.